The zero-order chi connectivity index (χ0) is 10.7. The van der Waals surface area contributed by atoms with E-state index in [-0.39, 0.29) is 5.78 Å². The molecule has 78 valence electrons. The summed E-state index contributed by atoms with van der Waals surface area (Å²) in [5.41, 5.74) is 1.18. The molecule has 2 rings (SSSR count). The van der Waals surface area contributed by atoms with Gasteiger partial charge in [0, 0.05) is 11.3 Å². The molecule has 0 aliphatic rings. The van der Waals surface area contributed by atoms with E-state index in [0.29, 0.717) is 6.42 Å². The minimum atomic E-state index is 0.254. The summed E-state index contributed by atoms with van der Waals surface area (Å²) in [5, 5.41) is 4.01. The minimum absolute atomic E-state index is 0.254. The maximum Gasteiger partial charge on any atom is 0.178 e. The van der Waals surface area contributed by atoms with Crippen LogP contribution in [0.4, 0.5) is 0 Å². The van der Waals surface area contributed by atoms with Gasteiger partial charge in [-0.15, -0.1) is 22.7 Å². The van der Waals surface area contributed by atoms with Gasteiger partial charge < -0.3 is 0 Å². The molecule has 0 aliphatic carbocycles. The van der Waals surface area contributed by atoms with Gasteiger partial charge in [0.05, 0.1) is 4.88 Å². The summed E-state index contributed by atoms with van der Waals surface area (Å²) >= 11 is 3.20. The lowest BCUT2D eigenvalue weighted by Crippen LogP contribution is -2.02. The summed E-state index contributed by atoms with van der Waals surface area (Å²) in [5.74, 6) is 0.254. The van der Waals surface area contributed by atoms with Crippen LogP contribution in [0.1, 0.15) is 27.0 Å². The van der Waals surface area contributed by atoms with E-state index in [1.54, 1.807) is 22.7 Å². The van der Waals surface area contributed by atoms with Gasteiger partial charge in [-0.3, -0.25) is 4.79 Å². The van der Waals surface area contributed by atoms with Gasteiger partial charge in [-0.25, -0.2) is 0 Å². The molecule has 0 bridgehead atoms. The van der Waals surface area contributed by atoms with E-state index in [1.807, 2.05) is 29.0 Å². The lowest BCUT2D eigenvalue weighted by atomic mass is 10.1. The average Bonchev–Trinajstić information content (AvgIpc) is 2.86. The summed E-state index contributed by atoms with van der Waals surface area (Å²) < 4.78 is 0. The topological polar surface area (TPSA) is 17.1 Å². The van der Waals surface area contributed by atoms with Crippen LogP contribution in [0.2, 0.25) is 0 Å². The first-order valence-corrected chi connectivity index (χ1v) is 6.69. The van der Waals surface area contributed by atoms with Gasteiger partial charge in [0.25, 0.3) is 0 Å². The van der Waals surface area contributed by atoms with Crippen LogP contribution in [0, 0.1) is 0 Å². The van der Waals surface area contributed by atoms with E-state index in [0.717, 1.165) is 16.2 Å². The molecule has 0 radical (unpaired) electrons. The molecular formula is C12H12OS2. The fourth-order valence-corrected chi connectivity index (χ4v) is 3.15. The Bertz CT molecular complexity index is 440. The Morgan fingerprint density at radius 2 is 2.13 bits per heavy atom. The molecular weight excluding hydrogens is 224 g/mol. The molecule has 0 saturated heterocycles. The number of hydrogen-bond donors (Lipinski definition) is 0. The van der Waals surface area contributed by atoms with Gasteiger partial charge >= 0.3 is 0 Å². The lowest BCUT2D eigenvalue weighted by Gasteiger charge is -1.99. The highest BCUT2D eigenvalue weighted by Gasteiger charge is 2.12. The second-order valence-corrected chi connectivity index (χ2v) is 5.26. The standard InChI is InChI=1S/C12H12OS2/c1-2-9-5-7-15-12(9)11(13)8-10-4-3-6-14-10/h3-7H,2,8H2,1H3. The first kappa shape index (κ1) is 10.6. The van der Waals surface area contributed by atoms with Crippen LogP contribution in [-0.2, 0) is 12.8 Å². The Labute approximate surface area is 97.4 Å². The molecule has 1 nitrogen and oxygen atoms in total. The number of Topliss-reactive ketones (excluding diaryl/α,β-unsaturated/α-hetero) is 1. The molecule has 0 fully saturated rings. The van der Waals surface area contributed by atoms with Crippen LogP contribution in [0.25, 0.3) is 0 Å². The van der Waals surface area contributed by atoms with Gasteiger partial charge in [0.2, 0.25) is 0 Å². The lowest BCUT2D eigenvalue weighted by molar-refractivity contribution is 0.0997. The van der Waals surface area contributed by atoms with Crippen LogP contribution in [0.5, 0.6) is 0 Å². The predicted octanol–water partition coefficient (Wildman–Crippen LogP) is 3.80. The molecule has 0 atom stereocenters. The Kier molecular flexibility index (Phi) is 3.34. The molecule has 0 unspecified atom stereocenters. The van der Waals surface area contributed by atoms with Crippen molar-refractivity contribution in [2.75, 3.05) is 0 Å². The van der Waals surface area contributed by atoms with Gasteiger partial charge in [-0.1, -0.05) is 13.0 Å². The maximum absolute atomic E-state index is 12.0. The third-order valence-corrected chi connectivity index (χ3v) is 4.17. The van der Waals surface area contributed by atoms with E-state index < -0.39 is 0 Å². The Morgan fingerprint density at radius 1 is 1.27 bits per heavy atom. The van der Waals surface area contributed by atoms with Crippen LogP contribution >= 0.6 is 22.7 Å². The number of ketones is 1. The third-order valence-electron chi connectivity index (χ3n) is 2.30. The molecule has 2 aromatic heterocycles. The molecule has 2 heterocycles. The summed E-state index contributed by atoms with van der Waals surface area (Å²) in [4.78, 5) is 14.1. The summed E-state index contributed by atoms with van der Waals surface area (Å²) in [6.45, 7) is 2.09. The van der Waals surface area contributed by atoms with Crippen LogP contribution < -0.4 is 0 Å². The van der Waals surface area contributed by atoms with Crippen molar-refractivity contribution in [1.82, 2.24) is 0 Å². The Morgan fingerprint density at radius 3 is 2.80 bits per heavy atom. The molecule has 2 aromatic rings. The highest BCUT2D eigenvalue weighted by atomic mass is 32.1. The van der Waals surface area contributed by atoms with Crippen molar-refractivity contribution in [1.29, 1.82) is 0 Å². The molecule has 3 heteroatoms. The normalized spacial score (nSPS) is 10.5. The molecule has 0 spiro atoms. The number of carbonyl (C=O) groups excluding carboxylic acids is 1. The van der Waals surface area contributed by atoms with Crippen molar-refractivity contribution < 1.29 is 4.79 Å². The second-order valence-electron chi connectivity index (χ2n) is 3.31. The Balaban J connectivity index is 2.15. The van der Waals surface area contributed by atoms with Crippen molar-refractivity contribution in [2.24, 2.45) is 0 Å². The van der Waals surface area contributed by atoms with Crippen molar-refractivity contribution in [3.63, 3.8) is 0 Å². The average molecular weight is 236 g/mol. The summed E-state index contributed by atoms with van der Waals surface area (Å²) in [6, 6.07) is 6.05. The maximum atomic E-state index is 12.0. The number of aryl methyl sites for hydroxylation is 1. The van der Waals surface area contributed by atoms with Gasteiger partial charge in [-0.2, -0.15) is 0 Å². The first-order valence-electron chi connectivity index (χ1n) is 4.93. The SMILES string of the molecule is CCc1ccsc1C(=O)Cc1cccs1. The zero-order valence-corrected chi connectivity index (χ0v) is 10.2. The summed E-state index contributed by atoms with van der Waals surface area (Å²) in [6.07, 6.45) is 1.49. The van der Waals surface area contributed by atoms with Gasteiger partial charge in [0.1, 0.15) is 0 Å². The fraction of sp³-hybridized carbons (Fsp3) is 0.250. The van der Waals surface area contributed by atoms with E-state index in [2.05, 4.69) is 6.92 Å². The highest BCUT2D eigenvalue weighted by Crippen LogP contribution is 2.21. The van der Waals surface area contributed by atoms with Crippen LogP contribution in [0.15, 0.2) is 29.0 Å². The van der Waals surface area contributed by atoms with E-state index in [4.69, 9.17) is 0 Å². The number of carbonyl (C=O) groups is 1. The van der Waals surface area contributed by atoms with Crippen molar-refractivity contribution in [2.45, 2.75) is 19.8 Å². The predicted molar refractivity (Wildman–Crippen MR) is 66.1 cm³/mol. The van der Waals surface area contributed by atoms with E-state index in [9.17, 15) is 4.79 Å². The quantitative estimate of drug-likeness (QED) is 0.738. The number of thiophene rings is 2. The van der Waals surface area contributed by atoms with Gasteiger partial charge in [0.15, 0.2) is 5.78 Å². The van der Waals surface area contributed by atoms with Crippen molar-refractivity contribution >= 4 is 28.5 Å². The smallest absolute Gasteiger partial charge is 0.178 e. The van der Waals surface area contributed by atoms with Crippen molar-refractivity contribution in [3.05, 3.63) is 44.3 Å². The molecule has 15 heavy (non-hydrogen) atoms. The molecule has 0 saturated carbocycles. The molecule has 0 N–H and O–H groups in total. The largest absolute Gasteiger partial charge is 0.293 e. The number of hydrogen-bond acceptors (Lipinski definition) is 3. The molecule has 0 amide bonds. The number of rotatable bonds is 4. The van der Waals surface area contributed by atoms with Crippen molar-refractivity contribution in [3.8, 4) is 0 Å². The monoisotopic (exact) mass is 236 g/mol. The second kappa shape index (κ2) is 4.73. The van der Waals surface area contributed by atoms with E-state index >= 15 is 0 Å². The minimum Gasteiger partial charge on any atom is -0.293 e. The van der Waals surface area contributed by atoms with Crippen LogP contribution in [-0.4, -0.2) is 5.78 Å². The molecule has 0 aliphatic heterocycles. The van der Waals surface area contributed by atoms with Gasteiger partial charge in [-0.05, 0) is 34.9 Å². The van der Waals surface area contributed by atoms with Crippen LogP contribution in [0.3, 0.4) is 0 Å². The third kappa shape index (κ3) is 2.36. The summed E-state index contributed by atoms with van der Waals surface area (Å²) in [7, 11) is 0. The molecule has 0 aromatic carbocycles. The first-order chi connectivity index (χ1) is 7.31. The highest BCUT2D eigenvalue weighted by molar-refractivity contribution is 7.12. The Hall–Kier alpha value is -0.930. The fourth-order valence-electron chi connectivity index (χ4n) is 1.51. The zero-order valence-electron chi connectivity index (χ0n) is 8.53. The van der Waals surface area contributed by atoms with E-state index in [1.165, 1.54) is 5.56 Å².